The molecule has 22 heavy (non-hydrogen) atoms. The van der Waals surface area contributed by atoms with Gasteiger partial charge in [0.1, 0.15) is 0 Å². The van der Waals surface area contributed by atoms with E-state index in [1.165, 1.54) is 64.2 Å². The van der Waals surface area contributed by atoms with Crippen molar-refractivity contribution in [1.82, 2.24) is 0 Å². The summed E-state index contributed by atoms with van der Waals surface area (Å²) in [5, 5.41) is 0. The lowest BCUT2D eigenvalue weighted by atomic mass is 9.97. The molecule has 0 aromatic rings. The average Bonchev–Trinajstić information content (AvgIpc) is 2.57. The van der Waals surface area contributed by atoms with Gasteiger partial charge in [0, 0.05) is 0 Å². The van der Waals surface area contributed by atoms with Crippen LogP contribution in [0.1, 0.15) is 105 Å². The van der Waals surface area contributed by atoms with Crippen molar-refractivity contribution in [2.24, 2.45) is 0 Å². The van der Waals surface area contributed by atoms with Crippen LogP contribution in [0.3, 0.4) is 0 Å². The minimum atomic E-state index is 0.470. The second-order valence-electron chi connectivity index (χ2n) is 7.23. The summed E-state index contributed by atoms with van der Waals surface area (Å²) in [4.78, 5) is 0. The van der Waals surface area contributed by atoms with Crippen molar-refractivity contribution in [2.45, 2.75) is 129 Å². The van der Waals surface area contributed by atoms with E-state index in [1.54, 1.807) is 0 Å². The summed E-state index contributed by atoms with van der Waals surface area (Å²) in [7, 11) is 0. The van der Waals surface area contributed by atoms with Gasteiger partial charge in [-0.15, -0.1) is 0 Å². The van der Waals surface area contributed by atoms with Gasteiger partial charge in [-0.1, -0.05) is 52.4 Å². The van der Waals surface area contributed by atoms with E-state index in [0.29, 0.717) is 24.4 Å². The minimum Gasteiger partial charge on any atom is -0.375 e. The first-order chi connectivity index (χ1) is 10.7. The molecule has 2 saturated carbocycles. The molecule has 0 aliphatic heterocycles. The van der Waals surface area contributed by atoms with E-state index < -0.39 is 0 Å². The monoisotopic (exact) mass is 312 g/mol. The number of hydrogen-bond acceptors (Lipinski definition) is 2. The molecule has 0 radical (unpaired) electrons. The zero-order valence-corrected chi connectivity index (χ0v) is 15.6. The van der Waals surface area contributed by atoms with Crippen LogP contribution in [-0.2, 0) is 9.47 Å². The third kappa shape index (κ3) is 9.15. The van der Waals surface area contributed by atoms with Crippen LogP contribution < -0.4 is 0 Å². The molecule has 2 aliphatic carbocycles. The maximum absolute atomic E-state index is 5.84. The highest BCUT2D eigenvalue weighted by Crippen LogP contribution is 2.22. The maximum Gasteiger partial charge on any atom is 0.0578 e. The summed E-state index contributed by atoms with van der Waals surface area (Å²) in [6.45, 7) is 8.73. The molecule has 2 unspecified atom stereocenters. The summed E-state index contributed by atoms with van der Waals surface area (Å²) in [5.41, 5.74) is 0. The molecule has 0 amide bonds. The van der Waals surface area contributed by atoms with Crippen molar-refractivity contribution in [3.05, 3.63) is 0 Å². The largest absolute Gasteiger partial charge is 0.375 e. The van der Waals surface area contributed by atoms with Crippen LogP contribution >= 0.6 is 0 Å². The zero-order valence-electron chi connectivity index (χ0n) is 15.6. The van der Waals surface area contributed by atoms with E-state index in [9.17, 15) is 0 Å². The van der Waals surface area contributed by atoms with Crippen LogP contribution in [0.15, 0.2) is 0 Å². The van der Waals surface area contributed by atoms with Crippen molar-refractivity contribution < 1.29 is 9.47 Å². The standard InChI is InChI=1S/2C10H20O/c2*1-3-9(2)11-10-7-5-4-6-8-10/h2*9-10H,3-8H2,1-2H3. The van der Waals surface area contributed by atoms with Crippen molar-refractivity contribution >= 4 is 0 Å². The van der Waals surface area contributed by atoms with Gasteiger partial charge in [0.15, 0.2) is 0 Å². The lowest BCUT2D eigenvalue weighted by molar-refractivity contribution is -0.0222. The topological polar surface area (TPSA) is 18.5 Å². The molecule has 2 nitrogen and oxygen atoms in total. The van der Waals surface area contributed by atoms with Gasteiger partial charge in [0.05, 0.1) is 24.4 Å². The smallest absolute Gasteiger partial charge is 0.0578 e. The van der Waals surface area contributed by atoms with E-state index in [-0.39, 0.29) is 0 Å². The van der Waals surface area contributed by atoms with Crippen LogP contribution in [0.25, 0.3) is 0 Å². The van der Waals surface area contributed by atoms with E-state index in [0.717, 1.165) is 12.8 Å². The van der Waals surface area contributed by atoms with E-state index in [2.05, 4.69) is 27.7 Å². The Morgan fingerprint density at radius 2 is 0.955 bits per heavy atom. The molecule has 0 saturated heterocycles. The van der Waals surface area contributed by atoms with Gasteiger partial charge in [-0.25, -0.2) is 0 Å². The fourth-order valence-corrected chi connectivity index (χ4v) is 3.25. The summed E-state index contributed by atoms with van der Waals surface area (Å²) in [6.07, 6.45) is 17.9. The van der Waals surface area contributed by atoms with Crippen LogP contribution in [-0.4, -0.2) is 24.4 Å². The lowest BCUT2D eigenvalue weighted by Crippen LogP contribution is -2.21. The molecule has 2 heteroatoms. The average molecular weight is 313 g/mol. The fraction of sp³-hybridized carbons (Fsp3) is 1.00. The van der Waals surface area contributed by atoms with Gasteiger partial charge < -0.3 is 9.47 Å². The lowest BCUT2D eigenvalue weighted by Gasteiger charge is -2.25. The molecule has 2 fully saturated rings. The second kappa shape index (κ2) is 12.4. The normalized spacial score (nSPS) is 23.5. The van der Waals surface area contributed by atoms with Gasteiger partial charge in [-0.3, -0.25) is 0 Å². The zero-order chi connectivity index (χ0) is 16.2. The third-order valence-electron chi connectivity index (χ3n) is 5.10. The highest BCUT2D eigenvalue weighted by molar-refractivity contribution is 4.67. The predicted octanol–water partition coefficient (Wildman–Crippen LogP) is 6.27. The molecule has 0 aromatic heterocycles. The van der Waals surface area contributed by atoms with Gasteiger partial charge in [0.2, 0.25) is 0 Å². The first-order valence-corrected chi connectivity index (χ1v) is 9.96. The maximum atomic E-state index is 5.84. The number of hydrogen-bond donors (Lipinski definition) is 0. The van der Waals surface area contributed by atoms with E-state index >= 15 is 0 Å². The number of ether oxygens (including phenoxy) is 2. The SMILES string of the molecule is CCC(C)OC1CCCCC1.CCC(C)OC1CCCCC1. The summed E-state index contributed by atoms with van der Waals surface area (Å²) < 4.78 is 11.7. The predicted molar refractivity (Wildman–Crippen MR) is 95.4 cm³/mol. The molecule has 2 aliphatic rings. The highest BCUT2D eigenvalue weighted by Gasteiger charge is 2.16. The van der Waals surface area contributed by atoms with Crippen molar-refractivity contribution in [3.63, 3.8) is 0 Å². The Morgan fingerprint density at radius 1 is 0.636 bits per heavy atom. The van der Waals surface area contributed by atoms with Crippen LogP contribution in [0.4, 0.5) is 0 Å². The minimum absolute atomic E-state index is 0.470. The van der Waals surface area contributed by atoms with Crippen molar-refractivity contribution in [1.29, 1.82) is 0 Å². The Kier molecular flexibility index (Phi) is 11.2. The Morgan fingerprint density at radius 3 is 1.23 bits per heavy atom. The molecule has 2 rings (SSSR count). The van der Waals surface area contributed by atoms with E-state index in [1.807, 2.05) is 0 Å². The highest BCUT2D eigenvalue weighted by atomic mass is 16.5. The molecule has 0 aromatic carbocycles. The Bertz CT molecular complexity index is 216. The molecule has 2 atom stereocenters. The summed E-state index contributed by atoms with van der Waals surface area (Å²) >= 11 is 0. The number of rotatable bonds is 6. The molecule has 0 N–H and O–H groups in total. The van der Waals surface area contributed by atoms with Crippen LogP contribution in [0.2, 0.25) is 0 Å². The summed E-state index contributed by atoms with van der Waals surface area (Å²) in [5.74, 6) is 0. The van der Waals surface area contributed by atoms with Crippen molar-refractivity contribution in [2.75, 3.05) is 0 Å². The van der Waals surface area contributed by atoms with Crippen LogP contribution in [0, 0.1) is 0 Å². The quantitative estimate of drug-likeness (QED) is 0.575. The van der Waals surface area contributed by atoms with E-state index in [4.69, 9.17) is 9.47 Å². The fourth-order valence-electron chi connectivity index (χ4n) is 3.25. The van der Waals surface area contributed by atoms with Crippen molar-refractivity contribution in [3.8, 4) is 0 Å². The molecule has 0 spiro atoms. The van der Waals surface area contributed by atoms with Gasteiger partial charge in [-0.05, 0) is 52.4 Å². The Hall–Kier alpha value is -0.0800. The van der Waals surface area contributed by atoms with Gasteiger partial charge >= 0.3 is 0 Å². The molecule has 0 bridgehead atoms. The van der Waals surface area contributed by atoms with Crippen LogP contribution in [0.5, 0.6) is 0 Å². The third-order valence-corrected chi connectivity index (χ3v) is 5.10. The molecule has 0 heterocycles. The Balaban J connectivity index is 0.000000220. The second-order valence-corrected chi connectivity index (χ2v) is 7.23. The first kappa shape index (κ1) is 20.0. The Labute approximate surface area is 139 Å². The molecular weight excluding hydrogens is 272 g/mol. The summed E-state index contributed by atoms with van der Waals surface area (Å²) in [6, 6.07) is 0. The van der Waals surface area contributed by atoms with Gasteiger partial charge in [0.25, 0.3) is 0 Å². The molecule has 132 valence electrons. The first-order valence-electron chi connectivity index (χ1n) is 9.96. The molecular formula is C20H40O2. The van der Waals surface area contributed by atoms with Gasteiger partial charge in [-0.2, -0.15) is 0 Å².